The van der Waals surface area contributed by atoms with E-state index in [0.717, 1.165) is 12.5 Å². The van der Waals surface area contributed by atoms with E-state index in [1.54, 1.807) is 24.3 Å². The van der Waals surface area contributed by atoms with E-state index in [2.05, 4.69) is 6.58 Å². The van der Waals surface area contributed by atoms with Crippen molar-refractivity contribution in [1.82, 2.24) is 0 Å². The monoisotopic (exact) mass is 660 g/mol. The largest absolute Gasteiger partial charge is 0.494 e. The molecule has 0 aromatic heterocycles. The third-order valence-corrected chi connectivity index (χ3v) is 6.94. The third-order valence-electron chi connectivity index (χ3n) is 6.94. The van der Waals surface area contributed by atoms with E-state index in [1.807, 2.05) is 13.8 Å². The van der Waals surface area contributed by atoms with Crippen molar-refractivity contribution in [2.45, 2.75) is 46.0 Å². The second-order valence-corrected chi connectivity index (χ2v) is 10.6. The zero-order valence-electron chi connectivity index (χ0n) is 27.1. The van der Waals surface area contributed by atoms with Crippen LogP contribution < -0.4 is 14.2 Å². The number of hydrogen-bond donors (Lipinski definition) is 0. The average Bonchev–Trinajstić information content (AvgIpc) is 3.11. The molecular weight excluding hydrogens is 620 g/mol. The van der Waals surface area contributed by atoms with Crippen molar-refractivity contribution in [3.63, 3.8) is 0 Å². The molecule has 3 aromatic rings. The zero-order valence-corrected chi connectivity index (χ0v) is 27.1. The van der Waals surface area contributed by atoms with Gasteiger partial charge in [-0.05, 0) is 105 Å². The zero-order chi connectivity index (χ0) is 34.7. The van der Waals surface area contributed by atoms with Crippen molar-refractivity contribution in [1.29, 1.82) is 0 Å². The van der Waals surface area contributed by atoms with Crippen molar-refractivity contribution >= 4 is 29.8 Å². The van der Waals surface area contributed by atoms with Gasteiger partial charge in [-0.1, -0.05) is 20.4 Å². The van der Waals surface area contributed by atoms with E-state index in [4.69, 9.17) is 28.4 Å². The van der Waals surface area contributed by atoms with Gasteiger partial charge in [-0.2, -0.15) is 0 Å². The van der Waals surface area contributed by atoms with Gasteiger partial charge in [0.25, 0.3) is 0 Å². The lowest BCUT2D eigenvalue weighted by Crippen LogP contribution is -2.15. The van der Waals surface area contributed by atoms with Crippen LogP contribution in [0.15, 0.2) is 85.5 Å². The van der Waals surface area contributed by atoms with Crippen LogP contribution in [-0.2, 0) is 23.8 Å². The van der Waals surface area contributed by atoms with E-state index < -0.39 is 23.9 Å². The van der Waals surface area contributed by atoms with Gasteiger partial charge in [0.15, 0.2) is 0 Å². The first-order valence-electron chi connectivity index (χ1n) is 15.7. The highest BCUT2D eigenvalue weighted by atomic mass is 16.6. The molecule has 0 fully saturated rings. The van der Waals surface area contributed by atoms with Gasteiger partial charge < -0.3 is 28.4 Å². The van der Waals surface area contributed by atoms with Crippen LogP contribution in [0.3, 0.4) is 0 Å². The van der Waals surface area contributed by atoms with Crippen LogP contribution >= 0.6 is 0 Å². The number of benzene rings is 3. The molecule has 254 valence electrons. The van der Waals surface area contributed by atoms with Gasteiger partial charge in [-0.25, -0.2) is 19.2 Å². The first-order chi connectivity index (χ1) is 23.2. The molecule has 3 aromatic carbocycles. The minimum Gasteiger partial charge on any atom is -0.494 e. The molecule has 11 nitrogen and oxygen atoms in total. The number of ether oxygens (including phenoxy) is 6. The Bertz CT molecular complexity index is 1510. The van der Waals surface area contributed by atoms with Crippen LogP contribution in [0.1, 0.15) is 77.0 Å². The van der Waals surface area contributed by atoms with Gasteiger partial charge in [0.2, 0.25) is 0 Å². The lowest BCUT2D eigenvalue weighted by atomic mass is 10.1. The Labute approximate surface area is 279 Å². The van der Waals surface area contributed by atoms with E-state index in [0.29, 0.717) is 50.2 Å². The van der Waals surface area contributed by atoms with Crippen molar-refractivity contribution in [3.8, 4) is 17.2 Å². The number of carbonyl (C=O) groups excluding carboxylic acids is 5. The molecule has 0 saturated carbocycles. The van der Waals surface area contributed by atoms with Crippen LogP contribution in [0.2, 0.25) is 0 Å². The first kappa shape index (κ1) is 37.0. The van der Waals surface area contributed by atoms with Crippen molar-refractivity contribution in [2.75, 3.05) is 26.4 Å². The van der Waals surface area contributed by atoms with Gasteiger partial charge in [-0.15, -0.1) is 0 Å². The number of rotatable bonds is 19. The maximum absolute atomic E-state index is 12.6. The number of esters is 5. The fourth-order valence-corrected chi connectivity index (χ4v) is 3.90. The van der Waals surface area contributed by atoms with Gasteiger partial charge in [0, 0.05) is 6.08 Å². The van der Waals surface area contributed by atoms with Gasteiger partial charge in [0.05, 0.1) is 49.0 Å². The molecule has 0 aliphatic heterocycles. The summed E-state index contributed by atoms with van der Waals surface area (Å²) in [4.78, 5) is 60.1. The minimum absolute atomic E-state index is 0.0967. The van der Waals surface area contributed by atoms with Crippen LogP contribution in [0, 0.1) is 5.92 Å². The SMILES string of the molecule is C=CC(=O)OCCCCOC(=O)c1ccc(OC(=O)c2ccc(OC(=O)c3ccc(OCCCCOC(=O)C(C)CC)cc3)cc2)cc1. The highest BCUT2D eigenvalue weighted by molar-refractivity contribution is 5.93. The Balaban J connectivity index is 1.37. The Hall–Kier alpha value is -5.45. The molecule has 0 N–H and O–H groups in total. The lowest BCUT2D eigenvalue weighted by Gasteiger charge is -2.10. The summed E-state index contributed by atoms with van der Waals surface area (Å²) in [6.07, 6.45) is 4.30. The van der Waals surface area contributed by atoms with Gasteiger partial charge >= 0.3 is 29.8 Å². The van der Waals surface area contributed by atoms with E-state index >= 15 is 0 Å². The topological polar surface area (TPSA) is 141 Å². The molecule has 0 aliphatic carbocycles. The minimum atomic E-state index is -0.636. The standard InChI is InChI=1S/C37H40O11/c1-4-26(3)34(39)45-24-8-6-22-43-30-16-10-28(11-17-30)36(41)48-32-20-14-29(15-21-32)37(42)47-31-18-12-27(13-19-31)35(40)46-25-9-7-23-44-33(38)5-2/h5,10-21,26H,2,4,6-9,22-25H2,1,3H3. The molecule has 3 rings (SSSR count). The summed E-state index contributed by atoms with van der Waals surface area (Å²) >= 11 is 0. The summed E-state index contributed by atoms with van der Waals surface area (Å²) in [5.41, 5.74) is 0.837. The van der Waals surface area contributed by atoms with Crippen LogP contribution in [0.25, 0.3) is 0 Å². The quantitative estimate of drug-likeness (QED) is 0.0455. The average molecular weight is 661 g/mol. The lowest BCUT2D eigenvalue weighted by molar-refractivity contribution is -0.148. The number of carbonyl (C=O) groups is 5. The predicted octanol–water partition coefficient (Wildman–Crippen LogP) is 6.54. The fourth-order valence-electron chi connectivity index (χ4n) is 3.90. The van der Waals surface area contributed by atoms with Gasteiger partial charge in [-0.3, -0.25) is 4.79 Å². The molecule has 48 heavy (non-hydrogen) atoms. The van der Waals surface area contributed by atoms with E-state index in [1.165, 1.54) is 48.5 Å². The fraction of sp³-hybridized carbons (Fsp3) is 0.324. The van der Waals surface area contributed by atoms with Gasteiger partial charge in [0.1, 0.15) is 17.2 Å². The molecule has 0 spiro atoms. The molecule has 1 unspecified atom stereocenters. The normalized spacial score (nSPS) is 11.0. The van der Waals surface area contributed by atoms with E-state index in [9.17, 15) is 24.0 Å². The Morgan fingerprint density at radius 1 is 0.583 bits per heavy atom. The summed E-state index contributed by atoms with van der Waals surface area (Å²) in [6.45, 7) is 8.27. The van der Waals surface area contributed by atoms with Crippen molar-refractivity contribution in [3.05, 3.63) is 102 Å². The van der Waals surface area contributed by atoms with Crippen LogP contribution in [0.4, 0.5) is 0 Å². The van der Waals surface area contributed by atoms with Crippen molar-refractivity contribution in [2.24, 2.45) is 5.92 Å². The summed E-state index contributed by atoms with van der Waals surface area (Å²) in [5.74, 6) is -1.46. The molecule has 0 aliphatic rings. The maximum atomic E-state index is 12.6. The molecule has 0 heterocycles. The summed E-state index contributed by atoms with van der Waals surface area (Å²) in [6, 6.07) is 18.3. The third kappa shape index (κ3) is 12.7. The summed E-state index contributed by atoms with van der Waals surface area (Å²) in [5, 5.41) is 0. The Morgan fingerprint density at radius 2 is 1.00 bits per heavy atom. The summed E-state index contributed by atoms with van der Waals surface area (Å²) < 4.78 is 31.8. The van der Waals surface area contributed by atoms with Crippen LogP contribution in [-0.4, -0.2) is 56.3 Å². The second kappa shape index (κ2) is 19.9. The molecule has 0 radical (unpaired) electrons. The maximum Gasteiger partial charge on any atom is 0.343 e. The smallest absolute Gasteiger partial charge is 0.343 e. The molecular formula is C37H40O11. The van der Waals surface area contributed by atoms with Crippen molar-refractivity contribution < 1.29 is 52.4 Å². The van der Waals surface area contributed by atoms with Crippen LogP contribution in [0.5, 0.6) is 17.2 Å². The van der Waals surface area contributed by atoms with E-state index in [-0.39, 0.29) is 47.7 Å². The highest BCUT2D eigenvalue weighted by Gasteiger charge is 2.14. The molecule has 11 heteroatoms. The molecule has 0 amide bonds. The number of hydrogen-bond acceptors (Lipinski definition) is 11. The molecule has 0 bridgehead atoms. The Morgan fingerprint density at radius 3 is 1.48 bits per heavy atom. The second-order valence-electron chi connectivity index (χ2n) is 10.6. The Kier molecular flexibility index (Phi) is 15.4. The molecule has 1 atom stereocenters. The highest BCUT2D eigenvalue weighted by Crippen LogP contribution is 2.19. The summed E-state index contributed by atoms with van der Waals surface area (Å²) in [7, 11) is 0. The predicted molar refractivity (Wildman–Crippen MR) is 175 cm³/mol. The molecule has 0 saturated heterocycles. The number of unbranched alkanes of at least 4 members (excludes halogenated alkanes) is 2. The first-order valence-corrected chi connectivity index (χ1v) is 15.7.